The van der Waals surface area contributed by atoms with Crippen molar-refractivity contribution in [1.29, 1.82) is 0 Å². The molecule has 0 aliphatic carbocycles. The van der Waals surface area contributed by atoms with Gasteiger partial charge in [0, 0.05) is 19.6 Å². The predicted molar refractivity (Wildman–Crippen MR) is 86.6 cm³/mol. The molecule has 0 atom stereocenters. The summed E-state index contributed by atoms with van der Waals surface area (Å²) in [4.78, 5) is 1.98. The molecule has 1 aliphatic rings. The van der Waals surface area contributed by atoms with Crippen molar-refractivity contribution in [2.24, 2.45) is 0 Å². The number of phenols is 1. The first-order valence-electron chi connectivity index (χ1n) is 8.37. The number of hydrogen-bond acceptors (Lipinski definition) is 6. The first-order valence-corrected chi connectivity index (χ1v) is 8.37. The number of halogens is 2. The lowest BCUT2D eigenvalue weighted by molar-refractivity contribution is 0.00206. The van der Waals surface area contributed by atoms with Gasteiger partial charge in [0.1, 0.15) is 0 Å². The standard InChI is InChI=1S/C17H25F2NO5/c18-15-11-14(12-16(19)17(15)21)13-20-1-3-22-5-7-24-9-10-25-8-6-23-4-2-20/h11-12,21H,1-10,13H2. The van der Waals surface area contributed by atoms with Crippen molar-refractivity contribution in [2.45, 2.75) is 6.54 Å². The smallest absolute Gasteiger partial charge is 0.187 e. The van der Waals surface area contributed by atoms with E-state index in [4.69, 9.17) is 18.9 Å². The maximum absolute atomic E-state index is 13.5. The van der Waals surface area contributed by atoms with Crippen LogP contribution in [0.3, 0.4) is 0 Å². The van der Waals surface area contributed by atoms with Gasteiger partial charge in [0.25, 0.3) is 0 Å². The summed E-state index contributed by atoms with van der Waals surface area (Å²) in [6, 6.07) is 2.27. The molecule has 0 radical (unpaired) electrons. The molecule has 2 rings (SSSR count). The number of nitrogens with zero attached hydrogens (tertiary/aromatic N) is 1. The highest BCUT2D eigenvalue weighted by Crippen LogP contribution is 2.22. The summed E-state index contributed by atoms with van der Waals surface area (Å²) in [6.07, 6.45) is 0. The molecule has 142 valence electrons. The average molecular weight is 361 g/mol. The topological polar surface area (TPSA) is 60.4 Å². The normalized spacial score (nSPS) is 19.9. The van der Waals surface area contributed by atoms with Gasteiger partial charge in [-0.1, -0.05) is 0 Å². The summed E-state index contributed by atoms with van der Waals surface area (Å²) >= 11 is 0. The Hall–Kier alpha value is -1.32. The third-order valence-corrected chi connectivity index (χ3v) is 3.70. The van der Waals surface area contributed by atoms with Crippen LogP contribution in [0, 0.1) is 11.6 Å². The van der Waals surface area contributed by atoms with E-state index < -0.39 is 17.4 Å². The Morgan fingerprint density at radius 3 is 1.60 bits per heavy atom. The quantitative estimate of drug-likeness (QED) is 0.863. The van der Waals surface area contributed by atoms with Crippen LogP contribution in [0.25, 0.3) is 0 Å². The second-order valence-electron chi connectivity index (χ2n) is 5.63. The Morgan fingerprint density at radius 1 is 0.760 bits per heavy atom. The summed E-state index contributed by atoms with van der Waals surface area (Å²) in [5.41, 5.74) is 0.442. The SMILES string of the molecule is Oc1c(F)cc(CN2CCOCCOCCOCCOCC2)cc1F. The summed E-state index contributed by atoms with van der Waals surface area (Å²) in [5.74, 6) is -2.88. The number of ether oxygens (including phenoxy) is 4. The van der Waals surface area contributed by atoms with E-state index >= 15 is 0 Å². The number of benzene rings is 1. The van der Waals surface area contributed by atoms with Crippen LogP contribution in [0.2, 0.25) is 0 Å². The maximum atomic E-state index is 13.5. The van der Waals surface area contributed by atoms with Gasteiger partial charge in [-0.15, -0.1) is 0 Å². The van der Waals surface area contributed by atoms with Crippen molar-refractivity contribution in [3.63, 3.8) is 0 Å². The average Bonchev–Trinajstić information content (AvgIpc) is 2.59. The van der Waals surface area contributed by atoms with E-state index in [9.17, 15) is 13.9 Å². The van der Waals surface area contributed by atoms with Gasteiger partial charge in [-0.2, -0.15) is 0 Å². The fraction of sp³-hybridized carbons (Fsp3) is 0.647. The molecule has 1 saturated heterocycles. The largest absolute Gasteiger partial charge is 0.503 e. The summed E-state index contributed by atoms with van der Waals surface area (Å²) in [7, 11) is 0. The Morgan fingerprint density at radius 2 is 1.16 bits per heavy atom. The minimum Gasteiger partial charge on any atom is -0.503 e. The van der Waals surface area contributed by atoms with Crippen molar-refractivity contribution in [1.82, 2.24) is 4.90 Å². The van der Waals surface area contributed by atoms with Crippen LogP contribution in [0.5, 0.6) is 5.75 Å². The third-order valence-electron chi connectivity index (χ3n) is 3.70. The second kappa shape index (κ2) is 11.3. The van der Waals surface area contributed by atoms with Crippen LogP contribution >= 0.6 is 0 Å². The second-order valence-corrected chi connectivity index (χ2v) is 5.63. The van der Waals surface area contributed by atoms with Gasteiger partial charge in [-0.05, 0) is 17.7 Å². The van der Waals surface area contributed by atoms with Crippen LogP contribution in [0.15, 0.2) is 12.1 Å². The fourth-order valence-corrected chi connectivity index (χ4v) is 2.39. The molecular weight excluding hydrogens is 336 g/mol. The van der Waals surface area contributed by atoms with Gasteiger partial charge < -0.3 is 24.1 Å². The number of aromatic hydroxyl groups is 1. The van der Waals surface area contributed by atoms with Gasteiger partial charge in [0.05, 0.1) is 52.9 Å². The van der Waals surface area contributed by atoms with Crippen molar-refractivity contribution < 1.29 is 32.8 Å². The highest BCUT2D eigenvalue weighted by Gasteiger charge is 2.13. The molecule has 25 heavy (non-hydrogen) atoms. The number of phenolic OH excluding ortho intramolecular Hbond substituents is 1. The zero-order valence-corrected chi connectivity index (χ0v) is 14.2. The Bertz CT molecular complexity index is 479. The molecule has 0 saturated carbocycles. The predicted octanol–water partition coefficient (Wildman–Crippen LogP) is 1.55. The van der Waals surface area contributed by atoms with Crippen LogP contribution < -0.4 is 0 Å². The van der Waals surface area contributed by atoms with E-state index in [0.29, 0.717) is 78.1 Å². The summed E-state index contributed by atoms with van der Waals surface area (Å²) < 4.78 is 48.7. The number of hydrogen-bond donors (Lipinski definition) is 1. The van der Waals surface area contributed by atoms with Gasteiger partial charge in [-0.25, -0.2) is 8.78 Å². The molecule has 0 aromatic heterocycles. The molecule has 0 unspecified atom stereocenters. The molecule has 6 nitrogen and oxygen atoms in total. The van der Waals surface area contributed by atoms with Crippen LogP contribution in [-0.4, -0.2) is 76.0 Å². The van der Waals surface area contributed by atoms with Crippen LogP contribution in [-0.2, 0) is 25.5 Å². The molecule has 8 heteroatoms. The van der Waals surface area contributed by atoms with Crippen molar-refractivity contribution >= 4 is 0 Å². The third kappa shape index (κ3) is 7.62. The van der Waals surface area contributed by atoms with Crippen LogP contribution in [0.1, 0.15) is 5.56 Å². The molecule has 1 aromatic carbocycles. The molecule has 1 heterocycles. The Labute approximate surface area is 146 Å². The molecule has 0 amide bonds. The zero-order valence-electron chi connectivity index (χ0n) is 14.2. The monoisotopic (exact) mass is 361 g/mol. The first kappa shape index (κ1) is 20.0. The minimum absolute atomic E-state index is 0.327. The lowest BCUT2D eigenvalue weighted by Gasteiger charge is -2.22. The molecule has 1 aliphatic heterocycles. The van der Waals surface area contributed by atoms with Crippen molar-refractivity contribution in [2.75, 3.05) is 65.9 Å². The highest BCUT2D eigenvalue weighted by atomic mass is 19.1. The Balaban J connectivity index is 1.90. The lowest BCUT2D eigenvalue weighted by atomic mass is 10.2. The van der Waals surface area contributed by atoms with Gasteiger partial charge in [-0.3, -0.25) is 4.90 Å². The summed E-state index contributed by atoms with van der Waals surface area (Å²) in [5, 5.41) is 9.19. The molecule has 0 spiro atoms. The van der Waals surface area contributed by atoms with Crippen molar-refractivity contribution in [3.8, 4) is 5.75 Å². The maximum Gasteiger partial charge on any atom is 0.187 e. The molecule has 1 N–H and O–H groups in total. The molecular formula is C17H25F2NO5. The summed E-state index contributed by atoms with van der Waals surface area (Å²) in [6.45, 7) is 5.44. The highest BCUT2D eigenvalue weighted by molar-refractivity contribution is 5.30. The van der Waals surface area contributed by atoms with Gasteiger partial charge >= 0.3 is 0 Å². The van der Waals surface area contributed by atoms with E-state index in [0.717, 1.165) is 12.1 Å². The van der Waals surface area contributed by atoms with E-state index in [1.54, 1.807) is 0 Å². The Kier molecular flexibility index (Phi) is 9.06. The van der Waals surface area contributed by atoms with E-state index in [-0.39, 0.29) is 0 Å². The van der Waals surface area contributed by atoms with Gasteiger partial charge in [0.15, 0.2) is 17.4 Å². The zero-order chi connectivity index (χ0) is 17.9. The first-order chi connectivity index (χ1) is 12.2. The lowest BCUT2D eigenvalue weighted by Crippen LogP contribution is -2.31. The molecule has 0 bridgehead atoms. The van der Waals surface area contributed by atoms with Crippen LogP contribution in [0.4, 0.5) is 8.78 Å². The minimum atomic E-state index is -0.963. The van der Waals surface area contributed by atoms with Gasteiger partial charge in [0.2, 0.25) is 0 Å². The number of rotatable bonds is 2. The molecule has 1 fully saturated rings. The van der Waals surface area contributed by atoms with E-state index in [2.05, 4.69) is 0 Å². The fourth-order valence-electron chi connectivity index (χ4n) is 2.39. The van der Waals surface area contributed by atoms with E-state index in [1.165, 1.54) is 0 Å². The van der Waals surface area contributed by atoms with E-state index in [1.807, 2.05) is 4.90 Å². The molecule has 1 aromatic rings. The van der Waals surface area contributed by atoms with Crippen molar-refractivity contribution in [3.05, 3.63) is 29.3 Å².